The lowest BCUT2D eigenvalue weighted by molar-refractivity contribution is -0.149. The van der Waals surface area contributed by atoms with Gasteiger partial charge in [0.1, 0.15) is 6.54 Å². The van der Waals surface area contributed by atoms with Crippen LogP contribution in [0, 0.1) is 11.8 Å². The molecule has 0 aromatic heterocycles. The van der Waals surface area contributed by atoms with Crippen molar-refractivity contribution < 1.29 is 14.4 Å². The molecule has 2 aliphatic heterocycles. The zero-order chi connectivity index (χ0) is 15.9. The van der Waals surface area contributed by atoms with Crippen molar-refractivity contribution in [1.29, 1.82) is 0 Å². The molecule has 0 spiro atoms. The van der Waals surface area contributed by atoms with Gasteiger partial charge in [-0.2, -0.15) is 0 Å². The summed E-state index contributed by atoms with van der Waals surface area (Å²) in [5.41, 5.74) is 0. The van der Waals surface area contributed by atoms with E-state index < -0.39 is 0 Å². The summed E-state index contributed by atoms with van der Waals surface area (Å²) in [4.78, 5) is 40.6. The molecule has 5 heteroatoms. The van der Waals surface area contributed by atoms with Crippen molar-refractivity contribution in [3.63, 3.8) is 0 Å². The third-order valence-corrected chi connectivity index (χ3v) is 5.37. The van der Waals surface area contributed by atoms with Crippen molar-refractivity contribution in [1.82, 2.24) is 9.80 Å². The van der Waals surface area contributed by atoms with Crippen molar-refractivity contribution in [3.8, 4) is 0 Å². The van der Waals surface area contributed by atoms with E-state index in [1.807, 2.05) is 30.9 Å². The van der Waals surface area contributed by atoms with Crippen molar-refractivity contribution in [3.05, 3.63) is 12.2 Å². The van der Waals surface area contributed by atoms with Gasteiger partial charge in [0.15, 0.2) is 0 Å². The van der Waals surface area contributed by atoms with Gasteiger partial charge in [-0.1, -0.05) is 12.2 Å². The summed E-state index contributed by atoms with van der Waals surface area (Å²) in [7, 11) is 0. The molecule has 0 N–H and O–H groups in total. The second kappa shape index (κ2) is 5.86. The van der Waals surface area contributed by atoms with Gasteiger partial charge in [0, 0.05) is 12.1 Å². The molecular formula is C17H24N2O3. The largest absolute Gasteiger partial charge is 0.336 e. The second-order valence-electron chi connectivity index (χ2n) is 6.85. The Morgan fingerprint density at radius 1 is 1.05 bits per heavy atom. The fraction of sp³-hybridized carbons (Fsp3) is 0.706. The van der Waals surface area contributed by atoms with Crippen molar-refractivity contribution in [2.45, 2.75) is 58.0 Å². The Labute approximate surface area is 131 Å². The van der Waals surface area contributed by atoms with Crippen LogP contribution in [0.3, 0.4) is 0 Å². The van der Waals surface area contributed by atoms with Crippen LogP contribution in [0.5, 0.6) is 0 Å². The van der Waals surface area contributed by atoms with E-state index in [4.69, 9.17) is 0 Å². The summed E-state index contributed by atoms with van der Waals surface area (Å²) in [6, 6.07) is 0.376. The number of allylic oxidation sites excluding steroid dienone is 2. The van der Waals surface area contributed by atoms with Crippen molar-refractivity contribution >= 4 is 17.7 Å². The molecule has 2 fully saturated rings. The van der Waals surface area contributed by atoms with Gasteiger partial charge >= 0.3 is 0 Å². The quantitative estimate of drug-likeness (QED) is 0.576. The molecule has 0 radical (unpaired) electrons. The second-order valence-corrected chi connectivity index (χ2v) is 6.85. The average molecular weight is 304 g/mol. The van der Waals surface area contributed by atoms with E-state index in [1.165, 1.54) is 4.90 Å². The van der Waals surface area contributed by atoms with E-state index in [2.05, 4.69) is 0 Å². The molecule has 2 heterocycles. The van der Waals surface area contributed by atoms with Gasteiger partial charge in [-0.05, 0) is 46.0 Å². The lowest BCUT2D eigenvalue weighted by Crippen LogP contribution is -2.52. The van der Waals surface area contributed by atoms with Gasteiger partial charge in [-0.3, -0.25) is 19.3 Å². The first-order valence-corrected chi connectivity index (χ1v) is 8.32. The van der Waals surface area contributed by atoms with Crippen LogP contribution in [0.4, 0.5) is 0 Å². The number of amides is 3. The molecule has 2 saturated heterocycles. The molecule has 0 aromatic rings. The maximum atomic E-state index is 12.6. The van der Waals surface area contributed by atoms with Crippen LogP contribution in [-0.4, -0.2) is 46.1 Å². The third kappa shape index (κ3) is 2.46. The Morgan fingerprint density at radius 3 is 2.05 bits per heavy atom. The monoisotopic (exact) mass is 304 g/mol. The summed E-state index contributed by atoms with van der Waals surface area (Å²) in [5.74, 6) is -0.911. The van der Waals surface area contributed by atoms with Crippen molar-refractivity contribution in [2.24, 2.45) is 11.8 Å². The lowest BCUT2D eigenvalue weighted by Gasteiger charge is -2.39. The smallest absolute Gasteiger partial charge is 0.243 e. The Bertz CT molecular complexity index is 492. The Morgan fingerprint density at radius 2 is 1.55 bits per heavy atom. The number of hydrogen-bond donors (Lipinski definition) is 0. The lowest BCUT2D eigenvalue weighted by atomic mass is 9.85. The van der Waals surface area contributed by atoms with Crippen LogP contribution in [0.15, 0.2) is 12.2 Å². The predicted octanol–water partition coefficient (Wildman–Crippen LogP) is 1.73. The van der Waals surface area contributed by atoms with Gasteiger partial charge < -0.3 is 4.90 Å². The van der Waals surface area contributed by atoms with Crippen LogP contribution in [0.1, 0.15) is 46.0 Å². The molecule has 120 valence electrons. The zero-order valence-electron chi connectivity index (χ0n) is 13.3. The standard InChI is InChI=1S/C17H24N2O3/c1-11-6-5-7-12(2)19(11)15(20)10-18-16(21)13-8-3-4-9-14(13)17(18)22/h3-4,11-14H,5-10H2,1-2H3/t11-,12+,13-,14-/m1/s1. The van der Waals surface area contributed by atoms with Crippen LogP contribution >= 0.6 is 0 Å². The number of fused-ring (bicyclic) bond motifs is 1. The van der Waals surface area contributed by atoms with Gasteiger partial charge in [0.05, 0.1) is 11.8 Å². The minimum atomic E-state index is -0.249. The Kier molecular flexibility index (Phi) is 4.06. The maximum Gasteiger partial charge on any atom is 0.243 e. The molecule has 22 heavy (non-hydrogen) atoms. The Balaban J connectivity index is 1.71. The fourth-order valence-electron chi connectivity index (χ4n) is 4.15. The van der Waals surface area contributed by atoms with Crippen LogP contribution in [0.2, 0.25) is 0 Å². The van der Waals surface area contributed by atoms with E-state index in [1.54, 1.807) is 0 Å². The fourth-order valence-corrected chi connectivity index (χ4v) is 4.15. The van der Waals surface area contributed by atoms with E-state index in [0.717, 1.165) is 19.3 Å². The number of carbonyl (C=O) groups excluding carboxylic acids is 3. The topological polar surface area (TPSA) is 57.7 Å². The van der Waals surface area contributed by atoms with Crippen molar-refractivity contribution in [2.75, 3.05) is 6.54 Å². The molecule has 3 rings (SSSR count). The van der Waals surface area contributed by atoms with Crippen LogP contribution in [0.25, 0.3) is 0 Å². The first-order valence-electron chi connectivity index (χ1n) is 8.32. The first kappa shape index (κ1) is 15.3. The molecule has 0 saturated carbocycles. The van der Waals surface area contributed by atoms with E-state index in [0.29, 0.717) is 12.8 Å². The van der Waals surface area contributed by atoms with Crippen LogP contribution in [-0.2, 0) is 14.4 Å². The first-order chi connectivity index (χ1) is 10.5. The third-order valence-electron chi connectivity index (χ3n) is 5.37. The predicted molar refractivity (Wildman–Crippen MR) is 81.7 cm³/mol. The van der Waals surface area contributed by atoms with E-state index in [9.17, 15) is 14.4 Å². The molecule has 0 unspecified atom stereocenters. The highest BCUT2D eigenvalue weighted by atomic mass is 16.2. The number of rotatable bonds is 2. The number of hydrogen-bond acceptors (Lipinski definition) is 3. The molecule has 3 amide bonds. The molecule has 5 nitrogen and oxygen atoms in total. The molecular weight excluding hydrogens is 280 g/mol. The molecule has 1 aliphatic carbocycles. The average Bonchev–Trinajstić information content (AvgIpc) is 2.73. The summed E-state index contributed by atoms with van der Waals surface area (Å²) in [6.07, 6.45) is 8.29. The number of carbonyl (C=O) groups is 3. The minimum absolute atomic E-state index is 0.0840. The van der Waals surface area contributed by atoms with Gasteiger partial charge in [0.2, 0.25) is 17.7 Å². The summed E-state index contributed by atoms with van der Waals surface area (Å²) < 4.78 is 0. The highest BCUT2D eigenvalue weighted by Crippen LogP contribution is 2.35. The molecule has 3 aliphatic rings. The normalized spacial score (nSPS) is 35.0. The Hall–Kier alpha value is -1.65. The van der Waals surface area contributed by atoms with Crippen LogP contribution < -0.4 is 0 Å². The van der Waals surface area contributed by atoms with Gasteiger partial charge in [0.25, 0.3) is 0 Å². The SMILES string of the molecule is C[C@@H]1CCC[C@H](C)N1C(=O)CN1C(=O)[C@@H]2CC=CC[C@H]2C1=O. The number of likely N-dealkylation sites (tertiary alicyclic amines) is 2. The summed E-state index contributed by atoms with van der Waals surface area (Å²) in [5, 5.41) is 0. The number of piperidine rings is 1. The highest BCUT2D eigenvalue weighted by Gasteiger charge is 2.48. The molecule has 4 atom stereocenters. The van der Waals surface area contributed by atoms with Gasteiger partial charge in [-0.25, -0.2) is 0 Å². The van der Waals surface area contributed by atoms with E-state index >= 15 is 0 Å². The van der Waals surface area contributed by atoms with E-state index in [-0.39, 0.29) is 48.2 Å². The number of nitrogens with zero attached hydrogens (tertiary/aromatic N) is 2. The maximum absolute atomic E-state index is 12.6. The number of imide groups is 1. The highest BCUT2D eigenvalue weighted by molar-refractivity contribution is 6.07. The summed E-state index contributed by atoms with van der Waals surface area (Å²) >= 11 is 0. The molecule has 0 aromatic carbocycles. The summed E-state index contributed by atoms with van der Waals surface area (Å²) in [6.45, 7) is 4.01. The minimum Gasteiger partial charge on any atom is -0.336 e. The van der Waals surface area contributed by atoms with Gasteiger partial charge in [-0.15, -0.1) is 0 Å². The zero-order valence-corrected chi connectivity index (χ0v) is 13.3. The molecule has 0 bridgehead atoms.